The van der Waals surface area contributed by atoms with Crippen LogP contribution in [-0.4, -0.2) is 36.3 Å². The van der Waals surface area contributed by atoms with Crippen LogP contribution in [0.5, 0.6) is 0 Å². The Morgan fingerprint density at radius 3 is 2.68 bits per heavy atom. The molecule has 3 rings (SSSR count). The molecule has 1 aromatic carbocycles. The summed E-state index contributed by atoms with van der Waals surface area (Å²) in [5.41, 5.74) is 5.96. The molecule has 5 N–H and O–H groups in total. The van der Waals surface area contributed by atoms with E-state index in [-0.39, 0.29) is 22.9 Å². The molecule has 2 aromatic rings. The molecule has 1 aliphatic rings. The third-order valence-corrected chi connectivity index (χ3v) is 5.73. The summed E-state index contributed by atoms with van der Waals surface area (Å²) in [6.07, 6.45) is 1.38. The SMILES string of the molecule is N#C[C@@H]1CS(O)(O)C[C@@H]1n1cc(C(N)=O)c(Nc2ccc(F)cc2)n1. The number of nitrogens with one attached hydrogen (secondary N) is 1. The van der Waals surface area contributed by atoms with Gasteiger partial charge in [0.25, 0.3) is 5.91 Å². The van der Waals surface area contributed by atoms with Gasteiger partial charge in [-0.15, -0.1) is 0 Å². The second kappa shape index (κ2) is 6.36. The van der Waals surface area contributed by atoms with E-state index in [1.165, 1.54) is 35.1 Å². The third kappa shape index (κ3) is 3.58. The Kier molecular flexibility index (Phi) is 4.38. The maximum atomic E-state index is 13.0. The molecule has 2 atom stereocenters. The summed E-state index contributed by atoms with van der Waals surface area (Å²) in [6.45, 7) is 0. The maximum absolute atomic E-state index is 13.0. The summed E-state index contributed by atoms with van der Waals surface area (Å²) < 4.78 is 34.1. The third-order valence-electron chi connectivity index (χ3n) is 3.96. The number of rotatable bonds is 4. The molecule has 0 saturated carbocycles. The van der Waals surface area contributed by atoms with Gasteiger partial charge in [-0.3, -0.25) is 18.6 Å². The number of nitriles is 1. The molecule has 1 amide bonds. The zero-order valence-electron chi connectivity index (χ0n) is 13.0. The number of carbonyl (C=O) groups excluding carboxylic acids is 1. The molecule has 10 heteroatoms. The lowest BCUT2D eigenvalue weighted by Crippen LogP contribution is -2.17. The lowest BCUT2D eigenvalue weighted by atomic mass is 10.1. The summed E-state index contributed by atoms with van der Waals surface area (Å²) in [7, 11) is -2.85. The van der Waals surface area contributed by atoms with E-state index in [1.54, 1.807) is 0 Å². The standard InChI is InChI=1S/C15H16FN5O3S/c16-10-1-3-11(4-2-10)19-15-12(14(18)22)6-21(20-15)13-8-25(23,24)7-9(13)5-17/h1-4,6,9,13,23-24H,7-8H2,(H2,18,22)(H,19,20)/t9-,13+/m1/s1. The highest BCUT2D eigenvalue weighted by Crippen LogP contribution is 2.52. The van der Waals surface area contributed by atoms with Crippen molar-refractivity contribution in [3.8, 4) is 6.07 Å². The number of hydrogen-bond acceptors (Lipinski definition) is 6. The number of nitrogens with two attached hydrogens (primary N) is 1. The Bertz CT molecular complexity index is 846. The number of hydrogen-bond donors (Lipinski definition) is 4. The molecular weight excluding hydrogens is 349 g/mol. The minimum absolute atomic E-state index is 0.0128. The van der Waals surface area contributed by atoms with Gasteiger partial charge in [0.15, 0.2) is 5.82 Å². The average molecular weight is 365 g/mol. The van der Waals surface area contributed by atoms with Crippen LogP contribution < -0.4 is 11.1 Å². The van der Waals surface area contributed by atoms with Crippen molar-refractivity contribution < 1.29 is 18.3 Å². The lowest BCUT2D eigenvalue weighted by molar-refractivity contribution is 0.100. The molecule has 8 nitrogen and oxygen atoms in total. The van der Waals surface area contributed by atoms with Crippen LogP contribution in [0.1, 0.15) is 16.4 Å². The highest BCUT2D eigenvalue weighted by Gasteiger charge is 2.40. The summed E-state index contributed by atoms with van der Waals surface area (Å²) in [5, 5.41) is 16.4. The first-order chi connectivity index (χ1) is 11.8. The van der Waals surface area contributed by atoms with E-state index in [2.05, 4.69) is 10.4 Å². The molecule has 25 heavy (non-hydrogen) atoms. The zero-order valence-corrected chi connectivity index (χ0v) is 13.8. The molecule has 1 aliphatic heterocycles. The number of aromatic nitrogens is 2. The molecule has 1 aromatic heterocycles. The molecule has 2 heterocycles. The number of benzene rings is 1. The van der Waals surface area contributed by atoms with Gasteiger partial charge < -0.3 is 11.1 Å². The summed E-state index contributed by atoms with van der Waals surface area (Å²) >= 11 is 0. The Hall–Kier alpha value is -2.61. The summed E-state index contributed by atoms with van der Waals surface area (Å²) in [6, 6.07) is 6.92. The second-order valence-corrected chi connectivity index (χ2v) is 8.08. The Balaban J connectivity index is 1.93. The maximum Gasteiger partial charge on any atom is 0.254 e. The Morgan fingerprint density at radius 1 is 1.40 bits per heavy atom. The highest BCUT2D eigenvalue weighted by atomic mass is 32.3. The van der Waals surface area contributed by atoms with Gasteiger partial charge in [-0.05, 0) is 24.3 Å². The molecule has 0 aliphatic carbocycles. The van der Waals surface area contributed by atoms with Crippen molar-refractivity contribution in [1.82, 2.24) is 9.78 Å². The normalized spacial score (nSPS) is 23.0. The number of amides is 1. The molecule has 1 saturated heterocycles. The number of halogens is 1. The van der Waals surface area contributed by atoms with E-state index in [0.717, 1.165) is 0 Å². The zero-order chi connectivity index (χ0) is 18.2. The van der Waals surface area contributed by atoms with Crippen LogP contribution in [0.3, 0.4) is 0 Å². The van der Waals surface area contributed by atoms with Gasteiger partial charge in [0.05, 0.1) is 29.5 Å². The van der Waals surface area contributed by atoms with E-state index in [1.807, 2.05) is 6.07 Å². The molecule has 1 fully saturated rings. The van der Waals surface area contributed by atoms with E-state index >= 15 is 0 Å². The smallest absolute Gasteiger partial charge is 0.254 e. The minimum atomic E-state index is -2.85. The van der Waals surface area contributed by atoms with E-state index in [0.29, 0.717) is 5.69 Å². The van der Waals surface area contributed by atoms with Crippen LogP contribution in [0.15, 0.2) is 30.5 Å². The van der Waals surface area contributed by atoms with Crippen LogP contribution in [-0.2, 0) is 0 Å². The number of nitrogens with zero attached hydrogens (tertiary/aromatic N) is 3. The van der Waals surface area contributed by atoms with Crippen molar-refractivity contribution >= 4 is 28.0 Å². The molecule has 132 valence electrons. The monoisotopic (exact) mass is 365 g/mol. The predicted octanol–water partition coefficient (Wildman–Crippen LogP) is 2.31. The van der Waals surface area contributed by atoms with Gasteiger partial charge in [0.2, 0.25) is 0 Å². The van der Waals surface area contributed by atoms with Gasteiger partial charge in [-0.1, -0.05) is 0 Å². The van der Waals surface area contributed by atoms with Gasteiger partial charge >= 0.3 is 0 Å². The van der Waals surface area contributed by atoms with Crippen molar-refractivity contribution in [3.63, 3.8) is 0 Å². The van der Waals surface area contributed by atoms with Crippen molar-refractivity contribution in [2.75, 3.05) is 16.8 Å². The van der Waals surface area contributed by atoms with Crippen molar-refractivity contribution in [3.05, 3.63) is 41.8 Å². The van der Waals surface area contributed by atoms with Crippen molar-refractivity contribution in [2.45, 2.75) is 6.04 Å². The number of primary amides is 1. The van der Waals surface area contributed by atoms with Crippen LogP contribution in [0.2, 0.25) is 0 Å². The number of carbonyl (C=O) groups is 1. The Labute approximate surface area is 144 Å². The van der Waals surface area contributed by atoms with E-state index in [9.17, 15) is 23.6 Å². The molecule has 0 unspecified atom stereocenters. The largest absolute Gasteiger partial charge is 0.365 e. The quantitative estimate of drug-likeness (QED) is 0.656. The van der Waals surface area contributed by atoms with Crippen LogP contribution in [0, 0.1) is 23.1 Å². The summed E-state index contributed by atoms with van der Waals surface area (Å²) in [5.74, 6) is -1.65. The van der Waals surface area contributed by atoms with Gasteiger partial charge in [0.1, 0.15) is 11.4 Å². The van der Waals surface area contributed by atoms with Crippen LogP contribution in [0.25, 0.3) is 0 Å². The van der Waals surface area contributed by atoms with E-state index in [4.69, 9.17) is 5.73 Å². The first-order valence-electron chi connectivity index (χ1n) is 7.34. The van der Waals surface area contributed by atoms with Gasteiger partial charge in [-0.25, -0.2) is 4.39 Å². The first-order valence-corrected chi connectivity index (χ1v) is 9.22. The van der Waals surface area contributed by atoms with Crippen LogP contribution >= 0.6 is 10.6 Å². The Morgan fingerprint density at radius 2 is 2.08 bits per heavy atom. The topological polar surface area (TPSA) is 137 Å². The molecule has 0 bridgehead atoms. The molecule has 0 spiro atoms. The fourth-order valence-electron chi connectivity index (χ4n) is 2.74. The molecule has 0 radical (unpaired) electrons. The van der Waals surface area contributed by atoms with Gasteiger partial charge in [-0.2, -0.15) is 21.0 Å². The fourth-order valence-corrected chi connectivity index (χ4v) is 4.68. The van der Waals surface area contributed by atoms with E-state index < -0.39 is 34.3 Å². The molecular formula is C15H16FN5O3S. The highest BCUT2D eigenvalue weighted by molar-refractivity contribution is 8.24. The van der Waals surface area contributed by atoms with Crippen molar-refractivity contribution in [2.24, 2.45) is 11.7 Å². The second-order valence-electron chi connectivity index (χ2n) is 5.81. The van der Waals surface area contributed by atoms with Crippen LogP contribution in [0.4, 0.5) is 15.9 Å². The lowest BCUT2D eigenvalue weighted by Gasteiger charge is -2.25. The van der Waals surface area contributed by atoms with Gasteiger partial charge in [0, 0.05) is 11.9 Å². The fraction of sp³-hybridized carbons (Fsp3) is 0.267. The van der Waals surface area contributed by atoms with Crippen molar-refractivity contribution in [1.29, 1.82) is 5.26 Å². The summed E-state index contributed by atoms with van der Waals surface area (Å²) in [4.78, 5) is 11.7. The predicted molar refractivity (Wildman–Crippen MR) is 91.2 cm³/mol. The first kappa shape index (κ1) is 17.2. The average Bonchev–Trinajstić information content (AvgIpc) is 3.10. The number of anilines is 2. The minimum Gasteiger partial charge on any atom is -0.365 e.